The number of rotatable bonds is 4. The molecule has 106 valence electrons. The fourth-order valence-corrected chi connectivity index (χ4v) is 2.45. The lowest BCUT2D eigenvalue weighted by Crippen LogP contribution is -2.36. The van der Waals surface area contributed by atoms with Crippen LogP contribution in [-0.2, 0) is 6.54 Å². The number of β-amino-alcohol motifs (C(OH)–C–C–N with tert-alkyl or cyclic N) is 1. The Labute approximate surface area is 113 Å². The highest BCUT2D eigenvalue weighted by atomic mass is 16.3. The molecule has 0 atom stereocenters. The van der Waals surface area contributed by atoms with Gasteiger partial charge in [-0.25, -0.2) is 4.98 Å². The number of aliphatic hydroxyl groups is 1. The van der Waals surface area contributed by atoms with E-state index in [0.29, 0.717) is 18.9 Å². The van der Waals surface area contributed by atoms with Gasteiger partial charge in [-0.3, -0.25) is 9.69 Å². The van der Waals surface area contributed by atoms with Crippen LogP contribution in [0.5, 0.6) is 0 Å². The minimum absolute atomic E-state index is 0.0133. The maximum atomic E-state index is 12.2. The van der Waals surface area contributed by atoms with Crippen LogP contribution in [0.3, 0.4) is 0 Å². The van der Waals surface area contributed by atoms with Crippen molar-refractivity contribution < 1.29 is 5.11 Å². The average molecular weight is 266 g/mol. The minimum Gasteiger partial charge on any atom is -0.395 e. The van der Waals surface area contributed by atoms with Crippen molar-refractivity contribution >= 4 is 5.82 Å². The van der Waals surface area contributed by atoms with Crippen molar-refractivity contribution in [2.75, 3.05) is 44.2 Å². The molecule has 1 aromatic rings. The molecular formula is C13H22N4O2. The van der Waals surface area contributed by atoms with Crippen LogP contribution in [0.4, 0.5) is 5.82 Å². The van der Waals surface area contributed by atoms with Gasteiger partial charge < -0.3 is 14.6 Å². The Balaban J connectivity index is 2.12. The normalized spacial score (nSPS) is 17.5. The fourth-order valence-electron chi connectivity index (χ4n) is 2.45. The summed E-state index contributed by atoms with van der Waals surface area (Å²) in [7, 11) is 0. The van der Waals surface area contributed by atoms with E-state index < -0.39 is 0 Å². The van der Waals surface area contributed by atoms with Gasteiger partial charge in [0.25, 0.3) is 5.56 Å². The van der Waals surface area contributed by atoms with Crippen molar-refractivity contribution in [3.8, 4) is 0 Å². The zero-order valence-corrected chi connectivity index (χ0v) is 11.5. The molecule has 0 aromatic carbocycles. The number of aliphatic hydroxyl groups excluding tert-OH is 1. The highest BCUT2D eigenvalue weighted by Crippen LogP contribution is 2.09. The second-order valence-corrected chi connectivity index (χ2v) is 4.75. The first-order valence-corrected chi connectivity index (χ1v) is 6.90. The molecule has 2 rings (SSSR count). The molecule has 1 N–H and O–H groups in total. The lowest BCUT2D eigenvalue weighted by atomic mass is 10.4. The zero-order chi connectivity index (χ0) is 13.7. The molecule has 0 unspecified atom stereocenters. The van der Waals surface area contributed by atoms with Gasteiger partial charge in [0, 0.05) is 45.1 Å². The van der Waals surface area contributed by atoms with Crippen LogP contribution in [0.25, 0.3) is 0 Å². The third kappa shape index (κ3) is 3.33. The Morgan fingerprint density at radius 2 is 2.16 bits per heavy atom. The molecule has 2 heterocycles. The molecule has 0 radical (unpaired) electrons. The molecule has 0 saturated carbocycles. The summed E-state index contributed by atoms with van der Waals surface area (Å²) in [6.07, 6.45) is 4.40. The number of aromatic nitrogens is 2. The Morgan fingerprint density at radius 1 is 1.32 bits per heavy atom. The SMILES string of the molecule is CCn1ccnc(N2CCCN(CCO)CC2)c1=O. The molecule has 0 aliphatic carbocycles. The molecule has 0 spiro atoms. The van der Waals surface area contributed by atoms with Gasteiger partial charge in [-0.1, -0.05) is 0 Å². The van der Waals surface area contributed by atoms with Crippen LogP contribution in [-0.4, -0.2) is 58.9 Å². The number of hydrogen-bond acceptors (Lipinski definition) is 5. The highest BCUT2D eigenvalue weighted by molar-refractivity contribution is 5.35. The number of anilines is 1. The van der Waals surface area contributed by atoms with Crippen LogP contribution in [0.15, 0.2) is 17.2 Å². The molecular weight excluding hydrogens is 244 g/mol. The Kier molecular flexibility index (Phi) is 4.93. The second-order valence-electron chi connectivity index (χ2n) is 4.75. The lowest BCUT2D eigenvalue weighted by molar-refractivity contribution is 0.204. The molecule has 1 aliphatic heterocycles. The van der Waals surface area contributed by atoms with Gasteiger partial charge >= 0.3 is 0 Å². The predicted octanol–water partition coefficient (Wildman–Crippen LogP) is -0.232. The largest absolute Gasteiger partial charge is 0.395 e. The average Bonchev–Trinajstić information content (AvgIpc) is 2.65. The smallest absolute Gasteiger partial charge is 0.293 e. The number of aryl methyl sites for hydroxylation is 1. The monoisotopic (exact) mass is 266 g/mol. The van der Waals surface area contributed by atoms with E-state index in [9.17, 15) is 4.79 Å². The summed E-state index contributed by atoms with van der Waals surface area (Å²) in [5.74, 6) is 0.551. The summed E-state index contributed by atoms with van der Waals surface area (Å²) in [5, 5.41) is 8.98. The van der Waals surface area contributed by atoms with E-state index in [2.05, 4.69) is 14.8 Å². The molecule has 19 heavy (non-hydrogen) atoms. The summed E-state index contributed by atoms with van der Waals surface area (Å²) in [6, 6.07) is 0. The maximum Gasteiger partial charge on any atom is 0.293 e. The van der Waals surface area contributed by atoms with Gasteiger partial charge in [0.2, 0.25) is 0 Å². The third-order valence-electron chi connectivity index (χ3n) is 3.54. The first kappa shape index (κ1) is 14.0. The molecule has 1 saturated heterocycles. The van der Waals surface area contributed by atoms with Gasteiger partial charge in [0.1, 0.15) is 0 Å². The highest BCUT2D eigenvalue weighted by Gasteiger charge is 2.18. The van der Waals surface area contributed by atoms with Crippen molar-refractivity contribution in [1.29, 1.82) is 0 Å². The van der Waals surface area contributed by atoms with Crippen LogP contribution >= 0.6 is 0 Å². The predicted molar refractivity (Wildman–Crippen MR) is 74.5 cm³/mol. The second kappa shape index (κ2) is 6.68. The molecule has 1 fully saturated rings. The van der Waals surface area contributed by atoms with E-state index in [1.54, 1.807) is 17.0 Å². The van der Waals surface area contributed by atoms with Gasteiger partial charge in [-0.2, -0.15) is 0 Å². The lowest BCUT2D eigenvalue weighted by Gasteiger charge is -2.22. The van der Waals surface area contributed by atoms with Crippen molar-refractivity contribution in [2.24, 2.45) is 0 Å². The minimum atomic E-state index is -0.0133. The Hall–Kier alpha value is -1.40. The van der Waals surface area contributed by atoms with Crippen molar-refractivity contribution in [1.82, 2.24) is 14.5 Å². The number of nitrogens with zero attached hydrogens (tertiary/aromatic N) is 4. The summed E-state index contributed by atoms with van der Waals surface area (Å²) in [5.41, 5.74) is -0.0133. The Bertz CT molecular complexity index is 460. The molecule has 6 nitrogen and oxygen atoms in total. The summed E-state index contributed by atoms with van der Waals surface area (Å²) < 4.78 is 1.68. The standard InChI is InChI=1S/C13H22N4O2/c1-2-16-7-4-14-12(13(16)19)17-6-3-5-15(8-9-17)10-11-18/h4,7,18H,2-3,5-6,8-11H2,1H3. The van der Waals surface area contributed by atoms with Gasteiger partial charge in [0.15, 0.2) is 5.82 Å². The maximum absolute atomic E-state index is 12.2. The Morgan fingerprint density at radius 3 is 2.89 bits per heavy atom. The summed E-state index contributed by atoms with van der Waals surface area (Å²) >= 11 is 0. The summed E-state index contributed by atoms with van der Waals surface area (Å²) in [4.78, 5) is 20.8. The summed E-state index contributed by atoms with van der Waals surface area (Å²) in [6.45, 7) is 6.97. The van der Waals surface area contributed by atoms with Crippen molar-refractivity contribution in [3.05, 3.63) is 22.7 Å². The molecule has 1 aliphatic rings. The van der Waals surface area contributed by atoms with Crippen LogP contribution < -0.4 is 10.5 Å². The molecule has 0 amide bonds. The van der Waals surface area contributed by atoms with Gasteiger partial charge in [0.05, 0.1) is 6.61 Å². The van der Waals surface area contributed by atoms with Crippen LogP contribution in [0.2, 0.25) is 0 Å². The van der Waals surface area contributed by atoms with E-state index in [0.717, 1.165) is 32.6 Å². The van der Waals surface area contributed by atoms with E-state index in [4.69, 9.17) is 5.11 Å². The van der Waals surface area contributed by atoms with Gasteiger partial charge in [-0.05, 0) is 19.9 Å². The first-order chi connectivity index (χ1) is 9.26. The first-order valence-electron chi connectivity index (χ1n) is 6.90. The molecule has 0 bridgehead atoms. The van der Waals surface area contributed by atoms with E-state index in [-0.39, 0.29) is 12.2 Å². The van der Waals surface area contributed by atoms with E-state index in [1.165, 1.54) is 0 Å². The number of hydrogen-bond donors (Lipinski definition) is 1. The van der Waals surface area contributed by atoms with E-state index in [1.807, 2.05) is 6.92 Å². The molecule has 6 heteroatoms. The topological polar surface area (TPSA) is 61.6 Å². The van der Waals surface area contributed by atoms with Crippen LogP contribution in [0, 0.1) is 0 Å². The van der Waals surface area contributed by atoms with Crippen LogP contribution in [0.1, 0.15) is 13.3 Å². The zero-order valence-electron chi connectivity index (χ0n) is 11.5. The fraction of sp³-hybridized carbons (Fsp3) is 0.692. The van der Waals surface area contributed by atoms with Gasteiger partial charge in [-0.15, -0.1) is 0 Å². The van der Waals surface area contributed by atoms with Crippen molar-refractivity contribution in [2.45, 2.75) is 19.9 Å². The quantitative estimate of drug-likeness (QED) is 0.815. The molecule has 1 aromatic heterocycles. The van der Waals surface area contributed by atoms with Crippen molar-refractivity contribution in [3.63, 3.8) is 0 Å². The van der Waals surface area contributed by atoms with E-state index >= 15 is 0 Å². The third-order valence-corrected chi connectivity index (χ3v) is 3.54.